The number of carbonyl (C=O) groups excluding carboxylic acids is 1. The summed E-state index contributed by atoms with van der Waals surface area (Å²) in [5.74, 6) is -0.572. The summed E-state index contributed by atoms with van der Waals surface area (Å²) >= 11 is 0. The summed E-state index contributed by atoms with van der Waals surface area (Å²) in [6, 6.07) is -1.20. The number of nitrogens with one attached hydrogen (secondary N) is 1. The first kappa shape index (κ1) is 12.4. The van der Waals surface area contributed by atoms with Crippen molar-refractivity contribution in [2.45, 2.75) is 18.9 Å². The summed E-state index contributed by atoms with van der Waals surface area (Å²) in [7, 11) is -2.36. The highest BCUT2D eigenvalue weighted by Crippen LogP contribution is 2.29. The van der Waals surface area contributed by atoms with Crippen molar-refractivity contribution in [3.63, 3.8) is 0 Å². The molecule has 88 valence electrons. The third-order valence-corrected chi connectivity index (χ3v) is 3.70. The normalized spacial score (nSPS) is 18.5. The van der Waals surface area contributed by atoms with E-state index in [4.69, 9.17) is 5.11 Å². The van der Waals surface area contributed by atoms with E-state index in [1.165, 1.54) is 0 Å². The van der Waals surface area contributed by atoms with Crippen LogP contribution in [0.1, 0.15) is 12.8 Å². The fraction of sp³-hybridized carbons (Fsp3) is 0.875. The Morgan fingerprint density at radius 3 is 2.60 bits per heavy atom. The maximum absolute atomic E-state index is 11.4. The highest BCUT2D eigenvalue weighted by Gasteiger charge is 2.31. The van der Waals surface area contributed by atoms with Crippen molar-refractivity contribution in [2.24, 2.45) is 5.92 Å². The van der Waals surface area contributed by atoms with E-state index < -0.39 is 28.6 Å². The molecule has 0 aliphatic heterocycles. The van der Waals surface area contributed by atoms with Crippen LogP contribution in [0, 0.1) is 5.92 Å². The zero-order chi connectivity index (χ0) is 11.5. The van der Waals surface area contributed by atoms with Crippen LogP contribution in [0.3, 0.4) is 0 Å². The van der Waals surface area contributed by atoms with Crippen molar-refractivity contribution in [1.29, 1.82) is 0 Å². The summed E-state index contributed by atoms with van der Waals surface area (Å²) in [5.41, 5.74) is 0. The topological polar surface area (TPSA) is 92.7 Å². The van der Waals surface area contributed by atoms with Crippen molar-refractivity contribution < 1.29 is 23.1 Å². The van der Waals surface area contributed by atoms with Gasteiger partial charge in [-0.25, -0.2) is 8.42 Å². The highest BCUT2D eigenvalue weighted by molar-refractivity contribution is 7.89. The Bertz CT molecular complexity index is 322. The second-order valence-electron chi connectivity index (χ2n) is 3.60. The second-order valence-corrected chi connectivity index (χ2v) is 5.40. The van der Waals surface area contributed by atoms with Crippen molar-refractivity contribution in [3.8, 4) is 0 Å². The van der Waals surface area contributed by atoms with Crippen LogP contribution in [0.2, 0.25) is 0 Å². The lowest BCUT2D eigenvalue weighted by Crippen LogP contribution is -2.45. The number of carbonyl (C=O) groups is 1. The van der Waals surface area contributed by atoms with Crippen LogP contribution in [0.15, 0.2) is 0 Å². The molecular weight excluding hydrogens is 222 g/mol. The lowest BCUT2D eigenvalue weighted by molar-refractivity contribution is -0.143. The molecule has 0 heterocycles. The maximum atomic E-state index is 11.4. The van der Waals surface area contributed by atoms with Crippen LogP contribution in [0.4, 0.5) is 0 Å². The van der Waals surface area contributed by atoms with Gasteiger partial charge in [0.2, 0.25) is 10.0 Å². The molecule has 1 saturated carbocycles. The Labute approximate surface area is 88.7 Å². The smallest absolute Gasteiger partial charge is 0.326 e. The first-order chi connectivity index (χ1) is 6.98. The van der Waals surface area contributed by atoms with E-state index in [1.54, 1.807) is 0 Å². The van der Waals surface area contributed by atoms with E-state index in [1.807, 2.05) is 0 Å². The van der Waals surface area contributed by atoms with Gasteiger partial charge in [0.05, 0.1) is 19.5 Å². The van der Waals surface area contributed by atoms with Gasteiger partial charge >= 0.3 is 5.97 Å². The number of aliphatic hydroxyl groups is 1. The van der Waals surface area contributed by atoms with Gasteiger partial charge in [-0.15, -0.1) is 0 Å². The van der Waals surface area contributed by atoms with Gasteiger partial charge in [-0.3, -0.25) is 4.79 Å². The molecule has 0 bridgehead atoms. The Kier molecular flexibility index (Phi) is 4.06. The highest BCUT2D eigenvalue weighted by atomic mass is 32.2. The van der Waals surface area contributed by atoms with Crippen LogP contribution in [0.5, 0.6) is 0 Å². The quantitative estimate of drug-likeness (QED) is 0.569. The summed E-state index contributed by atoms with van der Waals surface area (Å²) in [6.45, 7) is -0.601. The fourth-order valence-electron chi connectivity index (χ4n) is 1.16. The van der Waals surface area contributed by atoms with Crippen molar-refractivity contribution >= 4 is 16.0 Å². The molecule has 0 radical (unpaired) electrons. The minimum atomic E-state index is -3.50. The summed E-state index contributed by atoms with van der Waals surface area (Å²) in [5, 5.41) is 8.81. The van der Waals surface area contributed by atoms with E-state index in [2.05, 4.69) is 9.46 Å². The first-order valence-corrected chi connectivity index (χ1v) is 6.32. The van der Waals surface area contributed by atoms with Gasteiger partial charge in [0, 0.05) is 0 Å². The number of ether oxygens (including phenoxy) is 1. The largest absolute Gasteiger partial charge is 0.468 e. The average molecular weight is 237 g/mol. The van der Waals surface area contributed by atoms with Gasteiger partial charge in [0.1, 0.15) is 6.04 Å². The van der Waals surface area contributed by atoms with Crippen LogP contribution < -0.4 is 4.72 Å². The third kappa shape index (κ3) is 4.15. The van der Waals surface area contributed by atoms with E-state index in [-0.39, 0.29) is 11.7 Å². The molecule has 0 spiro atoms. The standard InChI is InChI=1S/C8H15NO5S/c1-14-8(11)7(4-10)9-15(12,13)5-6-2-3-6/h6-7,9-10H,2-5H2,1H3. The molecule has 2 N–H and O–H groups in total. The predicted octanol–water partition coefficient (Wildman–Crippen LogP) is -1.15. The van der Waals surface area contributed by atoms with Gasteiger partial charge in [0.25, 0.3) is 0 Å². The van der Waals surface area contributed by atoms with Gasteiger partial charge in [-0.1, -0.05) is 0 Å². The maximum Gasteiger partial charge on any atom is 0.326 e. The molecule has 1 aliphatic carbocycles. The van der Waals surface area contributed by atoms with Crippen molar-refractivity contribution in [1.82, 2.24) is 4.72 Å². The Morgan fingerprint density at radius 2 is 2.20 bits per heavy atom. The third-order valence-electron chi connectivity index (χ3n) is 2.14. The molecule has 1 aliphatic rings. The number of esters is 1. The van der Waals surface area contributed by atoms with Crippen LogP contribution in [0.25, 0.3) is 0 Å². The fourth-order valence-corrected chi connectivity index (χ4v) is 2.82. The zero-order valence-electron chi connectivity index (χ0n) is 8.47. The Balaban J connectivity index is 2.52. The number of methoxy groups -OCH3 is 1. The number of hydrogen-bond donors (Lipinski definition) is 2. The summed E-state index contributed by atoms with van der Waals surface area (Å²) in [6.07, 6.45) is 1.81. The molecule has 0 saturated heterocycles. The van der Waals surface area contributed by atoms with Crippen molar-refractivity contribution in [2.75, 3.05) is 19.5 Å². The van der Waals surface area contributed by atoms with Gasteiger partial charge in [-0.05, 0) is 18.8 Å². The Hall–Kier alpha value is -0.660. The first-order valence-electron chi connectivity index (χ1n) is 4.67. The number of rotatable bonds is 6. The van der Waals surface area contributed by atoms with Gasteiger partial charge in [-0.2, -0.15) is 4.72 Å². The molecule has 1 atom stereocenters. The molecule has 6 nitrogen and oxygen atoms in total. The monoisotopic (exact) mass is 237 g/mol. The molecular formula is C8H15NO5S. The SMILES string of the molecule is COC(=O)C(CO)NS(=O)(=O)CC1CC1. The zero-order valence-corrected chi connectivity index (χ0v) is 9.29. The van der Waals surface area contributed by atoms with E-state index >= 15 is 0 Å². The minimum Gasteiger partial charge on any atom is -0.468 e. The van der Waals surface area contributed by atoms with Crippen LogP contribution >= 0.6 is 0 Å². The predicted molar refractivity (Wildman–Crippen MR) is 52.5 cm³/mol. The van der Waals surface area contributed by atoms with Crippen LogP contribution in [-0.4, -0.2) is 45.0 Å². The molecule has 1 fully saturated rings. The van der Waals surface area contributed by atoms with Gasteiger partial charge < -0.3 is 9.84 Å². The van der Waals surface area contributed by atoms with E-state index in [0.717, 1.165) is 20.0 Å². The molecule has 0 aromatic heterocycles. The number of aliphatic hydroxyl groups excluding tert-OH is 1. The number of sulfonamides is 1. The lowest BCUT2D eigenvalue weighted by Gasteiger charge is -2.13. The summed E-state index contributed by atoms with van der Waals surface area (Å²) < 4.78 is 29.3. The summed E-state index contributed by atoms with van der Waals surface area (Å²) in [4.78, 5) is 11.0. The average Bonchev–Trinajstić information content (AvgIpc) is 2.96. The number of hydrogen-bond acceptors (Lipinski definition) is 5. The second kappa shape index (κ2) is 4.91. The van der Waals surface area contributed by atoms with Gasteiger partial charge in [0.15, 0.2) is 0 Å². The molecule has 0 amide bonds. The van der Waals surface area contributed by atoms with E-state index in [9.17, 15) is 13.2 Å². The molecule has 15 heavy (non-hydrogen) atoms. The Morgan fingerprint density at radius 1 is 1.60 bits per heavy atom. The lowest BCUT2D eigenvalue weighted by atomic mass is 10.3. The molecule has 7 heteroatoms. The molecule has 1 rings (SSSR count). The minimum absolute atomic E-state index is 0.0144. The molecule has 0 aromatic carbocycles. The van der Waals surface area contributed by atoms with Crippen molar-refractivity contribution in [3.05, 3.63) is 0 Å². The molecule has 0 aromatic rings. The molecule has 1 unspecified atom stereocenters. The van der Waals surface area contributed by atoms with E-state index in [0.29, 0.717) is 0 Å². The van der Waals surface area contributed by atoms with Crippen LogP contribution in [-0.2, 0) is 19.6 Å².